The highest BCUT2D eigenvalue weighted by molar-refractivity contribution is 7.14. The SMILES string of the molecule is N#Cc1ccsc1NC(=O)COC(=O)CCNC(=O)c1ccc(Cl)cc1. The van der Waals surface area contributed by atoms with Crippen LogP contribution in [0.5, 0.6) is 0 Å². The molecule has 2 N–H and O–H groups in total. The minimum Gasteiger partial charge on any atom is -0.456 e. The van der Waals surface area contributed by atoms with Crippen LogP contribution in [0.3, 0.4) is 0 Å². The second kappa shape index (κ2) is 9.56. The van der Waals surface area contributed by atoms with Crippen molar-refractivity contribution in [3.8, 4) is 6.07 Å². The normalized spacial score (nSPS) is 9.85. The molecule has 134 valence electrons. The van der Waals surface area contributed by atoms with Gasteiger partial charge in [0, 0.05) is 17.1 Å². The summed E-state index contributed by atoms with van der Waals surface area (Å²) in [5.74, 6) is -1.50. The zero-order valence-corrected chi connectivity index (χ0v) is 15.0. The Labute approximate surface area is 158 Å². The molecule has 26 heavy (non-hydrogen) atoms. The van der Waals surface area contributed by atoms with E-state index in [9.17, 15) is 14.4 Å². The molecule has 7 nitrogen and oxygen atoms in total. The zero-order valence-electron chi connectivity index (χ0n) is 13.5. The van der Waals surface area contributed by atoms with E-state index in [2.05, 4.69) is 10.6 Å². The van der Waals surface area contributed by atoms with Gasteiger partial charge in [0.05, 0.1) is 12.0 Å². The number of amides is 2. The number of benzene rings is 1. The van der Waals surface area contributed by atoms with E-state index in [0.29, 0.717) is 21.2 Å². The number of ether oxygens (including phenoxy) is 1. The molecule has 0 radical (unpaired) electrons. The highest BCUT2D eigenvalue weighted by Gasteiger charge is 2.12. The molecular weight excluding hydrogens is 378 g/mol. The minimum absolute atomic E-state index is 0.0743. The molecule has 0 saturated heterocycles. The third kappa shape index (κ3) is 5.88. The van der Waals surface area contributed by atoms with E-state index in [0.717, 1.165) is 0 Å². The van der Waals surface area contributed by atoms with E-state index in [4.69, 9.17) is 21.6 Å². The summed E-state index contributed by atoms with van der Waals surface area (Å²) < 4.78 is 4.83. The molecule has 0 spiro atoms. The molecule has 1 aromatic heterocycles. The number of anilines is 1. The molecule has 0 bridgehead atoms. The smallest absolute Gasteiger partial charge is 0.308 e. The second-order valence-corrected chi connectivity index (χ2v) is 6.35. The van der Waals surface area contributed by atoms with Gasteiger partial charge in [-0.15, -0.1) is 11.3 Å². The molecule has 0 aliphatic rings. The fraction of sp³-hybridized carbons (Fsp3) is 0.176. The Morgan fingerprint density at radius 1 is 1.19 bits per heavy atom. The number of rotatable bonds is 7. The Morgan fingerprint density at radius 3 is 2.62 bits per heavy atom. The van der Waals surface area contributed by atoms with Gasteiger partial charge in [0.15, 0.2) is 6.61 Å². The molecule has 1 heterocycles. The van der Waals surface area contributed by atoms with Gasteiger partial charge < -0.3 is 15.4 Å². The maximum absolute atomic E-state index is 11.8. The van der Waals surface area contributed by atoms with Crippen molar-refractivity contribution in [1.29, 1.82) is 5.26 Å². The second-order valence-electron chi connectivity index (χ2n) is 5.00. The molecule has 2 aromatic rings. The van der Waals surface area contributed by atoms with Crippen molar-refractivity contribution in [2.24, 2.45) is 0 Å². The van der Waals surface area contributed by atoms with Gasteiger partial charge in [0.25, 0.3) is 11.8 Å². The Bertz CT molecular complexity index is 842. The van der Waals surface area contributed by atoms with E-state index in [1.807, 2.05) is 6.07 Å². The quantitative estimate of drug-likeness (QED) is 0.705. The van der Waals surface area contributed by atoms with Crippen LogP contribution in [0.4, 0.5) is 5.00 Å². The topological polar surface area (TPSA) is 108 Å². The van der Waals surface area contributed by atoms with Gasteiger partial charge in [-0.3, -0.25) is 14.4 Å². The molecule has 0 atom stereocenters. The van der Waals surface area contributed by atoms with Gasteiger partial charge in [0.1, 0.15) is 11.1 Å². The zero-order chi connectivity index (χ0) is 18.9. The Hall–Kier alpha value is -2.89. The van der Waals surface area contributed by atoms with Crippen LogP contribution in [-0.4, -0.2) is 30.9 Å². The fourth-order valence-electron chi connectivity index (χ4n) is 1.86. The standard InChI is InChI=1S/C17H14ClN3O4S/c18-13-3-1-11(2-4-13)16(24)20-7-5-15(23)25-10-14(22)21-17-12(9-19)6-8-26-17/h1-4,6,8H,5,7,10H2,(H,20,24)(H,21,22). The predicted octanol–water partition coefficient (Wildman–Crippen LogP) is 2.57. The van der Waals surface area contributed by atoms with E-state index in [1.165, 1.54) is 11.3 Å². The summed E-state index contributed by atoms with van der Waals surface area (Å²) in [7, 11) is 0. The van der Waals surface area contributed by atoms with Crippen molar-refractivity contribution in [2.75, 3.05) is 18.5 Å². The first-order chi connectivity index (χ1) is 12.5. The first kappa shape index (κ1) is 19.4. The van der Waals surface area contributed by atoms with Crippen LogP contribution in [0.15, 0.2) is 35.7 Å². The number of nitrogens with zero attached hydrogens (tertiary/aromatic N) is 1. The molecule has 0 saturated carbocycles. The summed E-state index contributed by atoms with van der Waals surface area (Å²) in [6, 6.07) is 9.84. The number of carbonyl (C=O) groups is 3. The third-order valence-electron chi connectivity index (χ3n) is 3.12. The molecule has 9 heteroatoms. The lowest BCUT2D eigenvalue weighted by Gasteiger charge is -2.07. The van der Waals surface area contributed by atoms with Crippen LogP contribution in [0.2, 0.25) is 5.02 Å². The number of nitrogens with one attached hydrogen (secondary N) is 2. The summed E-state index contributed by atoms with van der Waals surface area (Å²) >= 11 is 6.95. The number of esters is 1. The summed E-state index contributed by atoms with van der Waals surface area (Å²) in [6.45, 7) is -0.391. The van der Waals surface area contributed by atoms with Crippen LogP contribution >= 0.6 is 22.9 Å². The predicted molar refractivity (Wildman–Crippen MR) is 97.0 cm³/mol. The van der Waals surface area contributed by atoms with Crippen molar-refractivity contribution >= 4 is 45.7 Å². The lowest BCUT2D eigenvalue weighted by atomic mass is 10.2. The average molecular weight is 392 g/mol. The summed E-state index contributed by atoms with van der Waals surface area (Å²) in [5, 5.41) is 16.5. The number of halogens is 1. The summed E-state index contributed by atoms with van der Waals surface area (Å²) in [6.07, 6.45) is -0.0743. The molecule has 0 fully saturated rings. The maximum Gasteiger partial charge on any atom is 0.308 e. The maximum atomic E-state index is 11.8. The van der Waals surface area contributed by atoms with Crippen molar-refractivity contribution < 1.29 is 19.1 Å². The van der Waals surface area contributed by atoms with Gasteiger partial charge >= 0.3 is 5.97 Å². The Morgan fingerprint density at radius 2 is 1.92 bits per heavy atom. The fourth-order valence-corrected chi connectivity index (χ4v) is 2.74. The molecule has 1 aromatic carbocycles. The molecule has 2 rings (SSSR count). The van der Waals surface area contributed by atoms with Crippen molar-refractivity contribution in [1.82, 2.24) is 5.32 Å². The van der Waals surface area contributed by atoms with Crippen LogP contribution < -0.4 is 10.6 Å². The monoisotopic (exact) mass is 391 g/mol. The lowest BCUT2D eigenvalue weighted by molar-refractivity contribution is -0.147. The van der Waals surface area contributed by atoms with Gasteiger partial charge in [-0.05, 0) is 35.7 Å². The van der Waals surface area contributed by atoms with Gasteiger partial charge in [-0.2, -0.15) is 5.26 Å². The molecule has 0 aliphatic heterocycles. The van der Waals surface area contributed by atoms with Gasteiger partial charge in [-0.1, -0.05) is 11.6 Å². The Kier molecular flexibility index (Phi) is 7.14. The van der Waals surface area contributed by atoms with E-state index in [1.54, 1.807) is 35.7 Å². The lowest BCUT2D eigenvalue weighted by Crippen LogP contribution is -2.27. The molecule has 0 unspecified atom stereocenters. The van der Waals surface area contributed by atoms with Crippen molar-refractivity contribution in [3.05, 3.63) is 51.9 Å². The van der Waals surface area contributed by atoms with Crippen LogP contribution in [-0.2, 0) is 14.3 Å². The van der Waals surface area contributed by atoms with Crippen molar-refractivity contribution in [3.63, 3.8) is 0 Å². The average Bonchev–Trinajstić information content (AvgIpc) is 3.07. The third-order valence-corrected chi connectivity index (χ3v) is 4.21. The van der Waals surface area contributed by atoms with Crippen LogP contribution in [0.1, 0.15) is 22.3 Å². The number of nitriles is 1. The molecule has 0 aliphatic carbocycles. The van der Waals surface area contributed by atoms with Gasteiger partial charge in [0.2, 0.25) is 0 Å². The summed E-state index contributed by atoms with van der Waals surface area (Å²) in [4.78, 5) is 35.2. The first-order valence-corrected chi connectivity index (χ1v) is 8.72. The number of hydrogen-bond acceptors (Lipinski definition) is 6. The van der Waals surface area contributed by atoms with E-state index >= 15 is 0 Å². The minimum atomic E-state index is -0.622. The summed E-state index contributed by atoms with van der Waals surface area (Å²) in [5.41, 5.74) is 0.769. The number of thiophene rings is 1. The van der Waals surface area contributed by atoms with Gasteiger partial charge in [-0.25, -0.2) is 0 Å². The van der Waals surface area contributed by atoms with E-state index < -0.39 is 18.5 Å². The first-order valence-electron chi connectivity index (χ1n) is 7.46. The van der Waals surface area contributed by atoms with E-state index in [-0.39, 0.29) is 18.9 Å². The van der Waals surface area contributed by atoms with Crippen LogP contribution in [0, 0.1) is 11.3 Å². The largest absolute Gasteiger partial charge is 0.456 e. The molecule has 2 amide bonds. The number of carbonyl (C=O) groups excluding carboxylic acids is 3. The highest BCUT2D eigenvalue weighted by atomic mass is 35.5. The molecular formula is C17H14ClN3O4S. The van der Waals surface area contributed by atoms with Crippen LogP contribution in [0.25, 0.3) is 0 Å². The highest BCUT2D eigenvalue weighted by Crippen LogP contribution is 2.21. The number of hydrogen-bond donors (Lipinski definition) is 2. The Balaban J connectivity index is 1.67. The van der Waals surface area contributed by atoms with Crippen molar-refractivity contribution in [2.45, 2.75) is 6.42 Å².